The van der Waals surface area contributed by atoms with E-state index >= 15 is 0 Å². The van der Waals surface area contributed by atoms with Crippen molar-refractivity contribution in [2.75, 3.05) is 0 Å². The fraction of sp³-hybridized carbons (Fsp3) is 0.905. The third kappa shape index (κ3) is 3.30. The van der Waals surface area contributed by atoms with E-state index in [4.69, 9.17) is 0 Å². The number of rotatable bonds is 5. The number of hydrogen-bond donors (Lipinski definition) is 1. The highest BCUT2D eigenvalue weighted by molar-refractivity contribution is 5.21. The second-order valence-electron chi connectivity index (χ2n) is 8.76. The van der Waals surface area contributed by atoms with Crippen molar-refractivity contribution in [2.45, 2.75) is 91.1 Å². The van der Waals surface area contributed by atoms with E-state index in [1.165, 1.54) is 51.4 Å². The zero-order valence-corrected chi connectivity index (χ0v) is 15.0. The topological polar surface area (TPSA) is 20.2 Å². The molecule has 0 aromatic heterocycles. The number of aliphatic hydroxyl groups excluding tert-OH is 1. The van der Waals surface area contributed by atoms with Gasteiger partial charge in [-0.2, -0.15) is 0 Å². The van der Waals surface area contributed by atoms with Gasteiger partial charge in [0, 0.05) is 0 Å². The van der Waals surface area contributed by atoms with Gasteiger partial charge >= 0.3 is 0 Å². The van der Waals surface area contributed by atoms with Gasteiger partial charge in [0.1, 0.15) is 0 Å². The minimum Gasteiger partial charge on any atom is -0.393 e. The molecule has 3 saturated carbocycles. The van der Waals surface area contributed by atoms with E-state index in [1.54, 1.807) is 5.57 Å². The van der Waals surface area contributed by atoms with Gasteiger partial charge in [-0.3, -0.25) is 0 Å². The molecule has 1 N–H and O–H groups in total. The molecule has 0 aliphatic heterocycles. The van der Waals surface area contributed by atoms with Crippen LogP contribution >= 0.6 is 0 Å². The van der Waals surface area contributed by atoms with E-state index in [2.05, 4.69) is 26.8 Å². The lowest BCUT2D eigenvalue weighted by atomic mass is 9.67. The Balaban J connectivity index is 1.58. The highest BCUT2D eigenvalue weighted by Gasteiger charge is 2.46. The van der Waals surface area contributed by atoms with Crippen LogP contribution < -0.4 is 0 Å². The predicted octanol–water partition coefficient (Wildman–Crippen LogP) is 5.73. The fourth-order valence-corrected chi connectivity index (χ4v) is 5.51. The lowest BCUT2D eigenvalue weighted by Gasteiger charge is -2.39. The molecule has 0 amide bonds. The van der Waals surface area contributed by atoms with Crippen LogP contribution in [0.15, 0.2) is 11.6 Å². The average molecular weight is 305 g/mol. The Bertz CT molecular complexity index is 408. The Kier molecular flexibility index (Phi) is 5.02. The van der Waals surface area contributed by atoms with Gasteiger partial charge in [0.2, 0.25) is 0 Å². The average Bonchev–Trinajstić information content (AvgIpc) is 3.29. The molecule has 0 aromatic rings. The summed E-state index contributed by atoms with van der Waals surface area (Å²) in [4.78, 5) is 0. The molecular weight excluding hydrogens is 268 g/mol. The third-order valence-corrected chi connectivity index (χ3v) is 7.51. The summed E-state index contributed by atoms with van der Waals surface area (Å²) >= 11 is 0. The molecule has 5 unspecified atom stereocenters. The molecule has 0 radical (unpaired) electrons. The zero-order valence-electron chi connectivity index (χ0n) is 15.0. The maximum absolute atomic E-state index is 10.1. The number of allylic oxidation sites excluding steroid dienone is 1. The number of aliphatic hydroxyl groups is 1. The smallest absolute Gasteiger partial charge is 0.0577 e. The Morgan fingerprint density at radius 1 is 1.14 bits per heavy atom. The monoisotopic (exact) mass is 304 g/mol. The molecule has 3 aliphatic rings. The van der Waals surface area contributed by atoms with Crippen molar-refractivity contribution in [1.29, 1.82) is 0 Å². The van der Waals surface area contributed by atoms with Crippen LogP contribution in [0.1, 0.15) is 85.0 Å². The molecule has 3 rings (SSSR count). The molecule has 0 saturated heterocycles. The quantitative estimate of drug-likeness (QED) is 0.643. The van der Waals surface area contributed by atoms with E-state index in [-0.39, 0.29) is 6.10 Å². The summed E-state index contributed by atoms with van der Waals surface area (Å²) in [6.45, 7) is 7.32. The van der Waals surface area contributed by atoms with Crippen molar-refractivity contribution in [3.63, 3.8) is 0 Å². The van der Waals surface area contributed by atoms with E-state index in [1.807, 2.05) is 0 Å². The summed E-state index contributed by atoms with van der Waals surface area (Å²) in [6, 6.07) is 0. The molecule has 22 heavy (non-hydrogen) atoms. The molecule has 3 fully saturated rings. The van der Waals surface area contributed by atoms with Crippen molar-refractivity contribution >= 4 is 0 Å². The standard InChI is InChI=1S/C21H36O/c1-4-16-8-9-17(15(16)2)6-5-7-19-14-20(22)12-13-21(19,3)18-10-11-18/h7,15-18,20,22H,4-6,8-14H2,1-3H3/b19-7-. The maximum atomic E-state index is 10.1. The fourth-order valence-electron chi connectivity index (χ4n) is 5.51. The second kappa shape index (κ2) is 6.67. The van der Waals surface area contributed by atoms with Crippen LogP contribution in [0.5, 0.6) is 0 Å². The Morgan fingerprint density at radius 3 is 2.50 bits per heavy atom. The van der Waals surface area contributed by atoms with Gasteiger partial charge in [0.05, 0.1) is 6.10 Å². The molecule has 126 valence electrons. The van der Waals surface area contributed by atoms with Gasteiger partial charge in [-0.05, 0) is 86.9 Å². The SMILES string of the molecule is CCC1CCC(CC/C=C2/CC(O)CCC2(C)C2CC2)C1C. The van der Waals surface area contributed by atoms with Crippen molar-refractivity contribution in [1.82, 2.24) is 0 Å². The molecule has 0 spiro atoms. The summed E-state index contributed by atoms with van der Waals surface area (Å²) in [6.07, 6.45) is 15.4. The lowest BCUT2D eigenvalue weighted by molar-refractivity contribution is 0.102. The van der Waals surface area contributed by atoms with E-state index in [9.17, 15) is 5.11 Å². The molecular formula is C21H36O. The first kappa shape index (κ1) is 16.6. The summed E-state index contributed by atoms with van der Waals surface area (Å²) in [7, 11) is 0. The van der Waals surface area contributed by atoms with Crippen molar-refractivity contribution in [2.24, 2.45) is 29.1 Å². The Labute approximate surface area is 137 Å². The summed E-state index contributed by atoms with van der Waals surface area (Å²) in [5, 5.41) is 10.1. The first-order valence-corrected chi connectivity index (χ1v) is 9.92. The highest BCUT2D eigenvalue weighted by atomic mass is 16.3. The summed E-state index contributed by atoms with van der Waals surface area (Å²) < 4.78 is 0. The van der Waals surface area contributed by atoms with Crippen LogP contribution in [0.2, 0.25) is 0 Å². The van der Waals surface area contributed by atoms with Gasteiger partial charge < -0.3 is 5.11 Å². The normalized spacial score (nSPS) is 44.6. The first-order chi connectivity index (χ1) is 10.5. The van der Waals surface area contributed by atoms with E-state index in [0.717, 1.165) is 36.5 Å². The van der Waals surface area contributed by atoms with Crippen molar-refractivity contribution in [3.8, 4) is 0 Å². The Hall–Kier alpha value is -0.300. The van der Waals surface area contributed by atoms with Gasteiger partial charge in [-0.15, -0.1) is 0 Å². The highest BCUT2D eigenvalue weighted by Crippen LogP contribution is 2.56. The van der Waals surface area contributed by atoms with Gasteiger partial charge in [-0.1, -0.05) is 38.8 Å². The predicted molar refractivity (Wildman–Crippen MR) is 93.7 cm³/mol. The summed E-state index contributed by atoms with van der Waals surface area (Å²) in [5.41, 5.74) is 2.03. The van der Waals surface area contributed by atoms with Crippen LogP contribution in [0.3, 0.4) is 0 Å². The minimum atomic E-state index is -0.0760. The Morgan fingerprint density at radius 2 is 1.86 bits per heavy atom. The molecule has 1 heteroatoms. The summed E-state index contributed by atoms with van der Waals surface area (Å²) in [5.74, 6) is 3.77. The molecule has 0 aromatic carbocycles. The molecule has 0 heterocycles. The zero-order chi connectivity index (χ0) is 15.7. The maximum Gasteiger partial charge on any atom is 0.0577 e. The van der Waals surface area contributed by atoms with E-state index in [0.29, 0.717) is 5.41 Å². The number of hydrogen-bond acceptors (Lipinski definition) is 1. The van der Waals surface area contributed by atoms with Crippen molar-refractivity contribution in [3.05, 3.63) is 11.6 Å². The van der Waals surface area contributed by atoms with Crippen LogP contribution in [0.4, 0.5) is 0 Å². The third-order valence-electron chi connectivity index (χ3n) is 7.51. The van der Waals surface area contributed by atoms with E-state index < -0.39 is 0 Å². The largest absolute Gasteiger partial charge is 0.393 e. The molecule has 3 aliphatic carbocycles. The second-order valence-corrected chi connectivity index (χ2v) is 8.76. The van der Waals surface area contributed by atoms with Crippen LogP contribution in [-0.2, 0) is 0 Å². The van der Waals surface area contributed by atoms with Crippen LogP contribution in [0.25, 0.3) is 0 Å². The molecule has 1 nitrogen and oxygen atoms in total. The first-order valence-electron chi connectivity index (χ1n) is 9.92. The van der Waals surface area contributed by atoms with Crippen LogP contribution in [-0.4, -0.2) is 11.2 Å². The van der Waals surface area contributed by atoms with Gasteiger partial charge in [0.25, 0.3) is 0 Å². The van der Waals surface area contributed by atoms with Crippen molar-refractivity contribution < 1.29 is 5.11 Å². The minimum absolute atomic E-state index is 0.0760. The lowest BCUT2D eigenvalue weighted by Crippen LogP contribution is -2.31. The molecule has 0 bridgehead atoms. The molecule has 5 atom stereocenters. The van der Waals surface area contributed by atoms with Crippen LogP contribution in [0, 0.1) is 29.1 Å². The van der Waals surface area contributed by atoms with Gasteiger partial charge in [0.15, 0.2) is 0 Å². The van der Waals surface area contributed by atoms with Gasteiger partial charge in [-0.25, -0.2) is 0 Å².